The summed E-state index contributed by atoms with van der Waals surface area (Å²) in [5.41, 5.74) is 0.809. The van der Waals surface area contributed by atoms with Crippen LogP contribution in [-0.2, 0) is 22.6 Å². The summed E-state index contributed by atoms with van der Waals surface area (Å²) in [6.07, 6.45) is 2.42. The van der Waals surface area contributed by atoms with Gasteiger partial charge in [0.25, 0.3) is 0 Å². The van der Waals surface area contributed by atoms with Crippen molar-refractivity contribution in [3.63, 3.8) is 0 Å². The molecule has 2 N–H and O–H groups in total. The molecule has 0 radical (unpaired) electrons. The summed E-state index contributed by atoms with van der Waals surface area (Å²) in [5, 5.41) is 11.8. The highest BCUT2D eigenvalue weighted by Crippen LogP contribution is 2.17. The molecular formula is C11H15N3O3. The average Bonchev–Trinajstić information content (AvgIpc) is 2.28. The number of carboxylic acid groups (broad SMARTS) is 1. The lowest BCUT2D eigenvalue weighted by atomic mass is 10.1. The summed E-state index contributed by atoms with van der Waals surface area (Å²) in [4.78, 5) is 19.4. The van der Waals surface area contributed by atoms with Crippen LogP contribution in [0, 0.1) is 0 Å². The zero-order valence-corrected chi connectivity index (χ0v) is 9.86. The number of carboxylic acids is 1. The van der Waals surface area contributed by atoms with E-state index in [9.17, 15) is 4.79 Å². The molecule has 1 aromatic heterocycles. The maximum atomic E-state index is 11.0. The van der Waals surface area contributed by atoms with Gasteiger partial charge in [0.15, 0.2) is 0 Å². The van der Waals surface area contributed by atoms with Gasteiger partial charge in [-0.1, -0.05) is 0 Å². The highest BCUT2D eigenvalue weighted by molar-refractivity contribution is 5.80. The standard InChI is InChI=1S/C11H15N3O3/c1-11(2,9(15)16)14-10-12-5-7-6-17-4-3-8(7)13-10/h5H,3-4,6H2,1-2H3,(H,15,16)(H,12,13,14). The summed E-state index contributed by atoms with van der Waals surface area (Å²) in [7, 11) is 0. The minimum atomic E-state index is -1.08. The Morgan fingerprint density at radius 2 is 2.35 bits per heavy atom. The molecule has 1 aliphatic heterocycles. The molecule has 0 fully saturated rings. The summed E-state index contributed by atoms with van der Waals surface area (Å²) in [6.45, 7) is 4.31. The van der Waals surface area contributed by atoms with Crippen molar-refractivity contribution in [2.24, 2.45) is 0 Å². The number of anilines is 1. The minimum Gasteiger partial charge on any atom is -0.480 e. The second kappa shape index (κ2) is 4.29. The molecule has 0 aromatic carbocycles. The van der Waals surface area contributed by atoms with Crippen molar-refractivity contribution in [1.82, 2.24) is 9.97 Å². The number of carbonyl (C=O) groups is 1. The molecule has 0 spiro atoms. The fourth-order valence-electron chi connectivity index (χ4n) is 1.52. The summed E-state index contributed by atoms with van der Waals surface area (Å²) in [6, 6.07) is 0. The molecule has 0 aliphatic carbocycles. The molecule has 17 heavy (non-hydrogen) atoms. The van der Waals surface area contributed by atoms with Crippen molar-refractivity contribution in [2.75, 3.05) is 11.9 Å². The van der Waals surface area contributed by atoms with Gasteiger partial charge in [-0.3, -0.25) is 0 Å². The first-order chi connectivity index (χ1) is 7.99. The average molecular weight is 237 g/mol. The van der Waals surface area contributed by atoms with Gasteiger partial charge < -0.3 is 15.2 Å². The lowest BCUT2D eigenvalue weighted by Crippen LogP contribution is -2.40. The predicted molar refractivity (Wildman–Crippen MR) is 60.7 cm³/mol. The van der Waals surface area contributed by atoms with Gasteiger partial charge >= 0.3 is 5.97 Å². The van der Waals surface area contributed by atoms with Crippen molar-refractivity contribution in [1.29, 1.82) is 0 Å². The molecule has 1 aromatic rings. The molecule has 1 aliphatic rings. The van der Waals surface area contributed by atoms with Crippen molar-refractivity contribution >= 4 is 11.9 Å². The Labute approximate surface area is 99.0 Å². The van der Waals surface area contributed by atoms with Crippen LogP contribution in [0.4, 0.5) is 5.95 Å². The first-order valence-corrected chi connectivity index (χ1v) is 5.43. The van der Waals surface area contributed by atoms with Crippen molar-refractivity contribution in [3.8, 4) is 0 Å². The monoisotopic (exact) mass is 237 g/mol. The Morgan fingerprint density at radius 1 is 1.59 bits per heavy atom. The number of ether oxygens (including phenoxy) is 1. The maximum Gasteiger partial charge on any atom is 0.328 e. The Kier molecular flexibility index (Phi) is 2.97. The van der Waals surface area contributed by atoms with Crippen LogP contribution in [-0.4, -0.2) is 33.2 Å². The second-order valence-corrected chi connectivity index (χ2v) is 4.52. The number of aromatic nitrogens is 2. The highest BCUT2D eigenvalue weighted by Gasteiger charge is 2.28. The third-order valence-corrected chi connectivity index (χ3v) is 2.65. The number of aliphatic carboxylic acids is 1. The first-order valence-electron chi connectivity index (χ1n) is 5.43. The van der Waals surface area contributed by atoms with Gasteiger partial charge in [0.2, 0.25) is 5.95 Å². The number of hydrogen-bond donors (Lipinski definition) is 2. The minimum absolute atomic E-state index is 0.345. The molecule has 0 saturated heterocycles. The van der Waals surface area contributed by atoms with E-state index < -0.39 is 11.5 Å². The van der Waals surface area contributed by atoms with Crippen LogP contribution < -0.4 is 5.32 Å². The largest absolute Gasteiger partial charge is 0.480 e. The molecule has 0 saturated carbocycles. The molecule has 0 amide bonds. The Balaban J connectivity index is 2.20. The molecule has 6 nitrogen and oxygen atoms in total. The quantitative estimate of drug-likeness (QED) is 0.809. The van der Waals surface area contributed by atoms with Gasteiger partial charge in [0.1, 0.15) is 5.54 Å². The predicted octanol–water partition coefficient (Wildman–Crippen LogP) is 0.824. The zero-order chi connectivity index (χ0) is 12.5. The van der Waals surface area contributed by atoms with Crippen LogP contribution in [0.15, 0.2) is 6.20 Å². The van der Waals surface area contributed by atoms with E-state index >= 15 is 0 Å². The van der Waals surface area contributed by atoms with E-state index in [2.05, 4.69) is 15.3 Å². The summed E-state index contributed by atoms with van der Waals surface area (Å²) in [5.74, 6) is -0.597. The second-order valence-electron chi connectivity index (χ2n) is 4.52. The lowest BCUT2D eigenvalue weighted by molar-refractivity contribution is -0.141. The summed E-state index contributed by atoms with van der Waals surface area (Å²) < 4.78 is 5.28. The van der Waals surface area contributed by atoms with Gasteiger partial charge in [-0.15, -0.1) is 0 Å². The number of rotatable bonds is 3. The first kappa shape index (κ1) is 11.8. The van der Waals surface area contributed by atoms with Gasteiger partial charge in [0.05, 0.1) is 18.9 Å². The van der Waals surface area contributed by atoms with E-state index in [1.807, 2.05) is 0 Å². The van der Waals surface area contributed by atoms with E-state index in [0.29, 0.717) is 19.2 Å². The van der Waals surface area contributed by atoms with Gasteiger partial charge in [-0.05, 0) is 13.8 Å². The molecule has 92 valence electrons. The van der Waals surface area contributed by atoms with E-state index in [-0.39, 0.29) is 0 Å². The van der Waals surface area contributed by atoms with Crippen LogP contribution >= 0.6 is 0 Å². The third-order valence-electron chi connectivity index (χ3n) is 2.65. The molecule has 6 heteroatoms. The Morgan fingerprint density at radius 3 is 3.06 bits per heavy atom. The zero-order valence-electron chi connectivity index (χ0n) is 9.86. The number of fused-ring (bicyclic) bond motifs is 1. The molecule has 0 bridgehead atoms. The molecule has 2 rings (SSSR count). The molecule has 0 atom stereocenters. The summed E-state index contributed by atoms with van der Waals surface area (Å²) >= 11 is 0. The van der Waals surface area contributed by atoms with Crippen molar-refractivity contribution in [2.45, 2.75) is 32.4 Å². The normalized spacial score (nSPS) is 15.2. The topological polar surface area (TPSA) is 84.3 Å². The van der Waals surface area contributed by atoms with E-state index in [1.54, 1.807) is 20.0 Å². The fraction of sp³-hybridized carbons (Fsp3) is 0.545. The highest BCUT2D eigenvalue weighted by atomic mass is 16.5. The van der Waals surface area contributed by atoms with E-state index in [4.69, 9.17) is 9.84 Å². The lowest BCUT2D eigenvalue weighted by Gasteiger charge is -2.22. The molecular weight excluding hydrogens is 222 g/mol. The third kappa shape index (κ3) is 2.52. The number of nitrogens with one attached hydrogen (secondary N) is 1. The van der Waals surface area contributed by atoms with E-state index in [1.165, 1.54) is 0 Å². The Hall–Kier alpha value is -1.69. The van der Waals surface area contributed by atoms with Crippen LogP contribution in [0.2, 0.25) is 0 Å². The van der Waals surface area contributed by atoms with E-state index in [0.717, 1.165) is 17.7 Å². The van der Waals surface area contributed by atoms with Crippen LogP contribution in [0.1, 0.15) is 25.1 Å². The smallest absolute Gasteiger partial charge is 0.328 e. The van der Waals surface area contributed by atoms with Crippen LogP contribution in [0.5, 0.6) is 0 Å². The van der Waals surface area contributed by atoms with Gasteiger partial charge in [0, 0.05) is 18.2 Å². The van der Waals surface area contributed by atoms with Gasteiger partial charge in [-0.2, -0.15) is 0 Å². The maximum absolute atomic E-state index is 11.0. The van der Waals surface area contributed by atoms with Crippen molar-refractivity contribution in [3.05, 3.63) is 17.5 Å². The fourth-order valence-corrected chi connectivity index (χ4v) is 1.52. The molecule has 2 heterocycles. The van der Waals surface area contributed by atoms with Crippen LogP contribution in [0.25, 0.3) is 0 Å². The number of nitrogens with zero attached hydrogens (tertiary/aromatic N) is 2. The van der Waals surface area contributed by atoms with Crippen molar-refractivity contribution < 1.29 is 14.6 Å². The molecule has 0 unspecified atom stereocenters. The van der Waals surface area contributed by atoms with Crippen LogP contribution in [0.3, 0.4) is 0 Å². The Bertz CT molecular complexity index is 446. The SMILES string of the molecule is CC(C)(Nc1ncc2c(n1)CCOC2)C(=O)O. The van der Waals surface area contributed by atoms with Gasteiger partial charge in [-0.25, -0.2) is 14.8 Å². The number of hydrogen-bond acceptors (Lipinski definition) is 5.